The summed E-state index contributed by atoms with van der Waals surface area (Å²) >= 11 is 1.73. The predicted octanol–water partition coefficient (Wildman–Crippen LogP) is 14.3. The number of rotatable bonds is 5. The number of aromatic nitrogens is 1. The van der Waals surface area contributed by atoms with Gasteiger partial charge in [0.15, 0.2) is 0 Å². The van der Waals surface area contributed by atoms with Crippen LogP contribution in [-0.4, -0.2) is 31.0 Å². The molecule has 6 aliphatic heterocycles. The lowest BCUT2D eigenvalue weighted by Gasteiger charge is -2.43. The fourth-order valence-electron chi connectivity index (χ4n) is 16.8. The smallest absolute Gasteiger partial charge is 0.260 e. The third-order valence-electron chi connectivity index (χ3n) is 20.4. The van der Waals surface area contributed by atoms with Crippen LogP contribution in [0.5, 0.6) is 34.5 Å². The minimum absolute atomic E-state index is 0.118. The van der Waals surface area contributed by atoms with Gasteiger partial charge in [-0.1, -0.05) is 140 Å². The SMILES string of the molecule is CSN1c2cc3c(cc2B2c4ccccc4Oc4cc(-c5c(C)cccc5C)cc1c42)B1c2cc4c(cc2Oc2cc(-c5c(C)cccc5C)cc(c21)O3)N(c1ccccc1)c1cc(-c2c(C)cccc2C)cc2c1B4c1cccc3c4ccccc4n-2c13. The molecular formula is C79H56B3N3O3S. The molecule has 0 radical (unpaired) electrons. The van der Waals surface area contributed by atoms with Crippen molar-refractivity contribution >= 4 is 131 Å². The Morgan fingerprint density at radius 2 is 0.798 bits per heavy atom. The number of benzene rings is 12. The van der Waals surface area contributed by atoms with Crippen LogP contribution in [0.25, 0.3) is 60.9 Å². The highest BCUT2D eigenvalue weighted by Crippen LogP contribution is 2.49. The van der Waals surface area contributed by atoms with Gasteiger partial charge in [0.05, 0.1) is 16.9 Å². The average Bonchev–Trinajstić information content (AvgIpc) is 1.68. The van der Waals surface area contributed by atoms with Gasteiger partial charge in [0.25, 0.3) is 20.1 Å². The van der Waals surface area contributed by atoms with Crippen molar-refractivity contribution in [3.63, 3.8) is 0 Å². The molecule has 10 heteroatoms. The maximum absolute atomic E-state index is 7.64. The van der Waals surface area contributed by atoms with E-state index < -0.39 is 0 Å². The molecule has 0 amide bonds. The van der Waals surface area contributed by atoms with Crippen LogP contribution >= 0.6 is 11.9 Å². The maximum atomic E-state index is 7.64. The van der Waals surface area contributed by atoms with E-state index in [9.17, 15) is 0 Å². The topological polar surface area (TPSA) is 39.1 Å². The lowest BCUT2D eigenvalue weighted by molar-refractivity contribution is 0.465. The van der Waals surface area contributed by atoms with Gasteiger partial charge in [-0.15, -0.1) is 0 Å². The number of para-hydroxylation sites is 4. The summed E-state index contributed by atoms with van der Waals surface area (Å²) in [5, 5.41) is 2.52. The van der Waals surface area contributed by atoms with Gasteiger partial charge >= 0.3 is 0 Å². The lowest BCUT2D eigenvalue weighted by Crippen LogP contribution is -2.64. The average molecular weight is 1160 g/mol. The van der Waals surface area contributed by atoms with Gasteiger partial charge in [0.1, 0.15) is 34.5 Å². The molecule has 7 heterocycles. The summed E-state index contributed by atoms with van der Waals surface area (Å²) in [5.74, 6) is 5.07. The van der Waals surface area contributed by atoms with Crippen molar-refractivity contribution in [3.05, 3.63) is 246 Å². The van der Waals surface area contributed by atoms with Crippen molar-refractivity contribution in [2.75, 3.05) is 15.5 Å². The Balaban J connectivity index is 0.896. The van der Waals surface area contributed by atoms with E-state index in [4.69, 9.17) is 14.2 Å². The zero-order valence-corrected chi connectivity index (χ0v) is 51.2. The van der Waals surface area contributed by atoms with Crippen molar-refractivity contribution in [3.8, 4) is 73.6 Å². The molecule has 6 aliphatic rings. The zero-order valence-electron chi connectivity index (χ0n) is 50.4. The van der Waals surface area contributed by atoms with E-state index in [1.165, 1.54) is 116 Å². The number of hydrogen-bond acceptors (Lipinski definition) is 6. The molecule has 89 heavy (non-hydrogen) atoms. The first kappa shape index (κ1) is 51.1. The van der Waals surface area contributed by atoms with Crippen molar-refractivity contribution < 1.29 is 14.2 Å². The molecule has 0 saturated carbocycles. The van der Waals surface area contributed by atoms with Crippen molar-refractivity contribution in [1.82, 2.24) is 4.57 Å². The number of fused-ring (bicyclic) bond motifs is 15. The van der Waals surface area contributed by atoms with Crippen LogP contribution in [0.2, 0.25) is 0 Å². The molecule has 6 nitrogen and oxygen atoms in total. The molecule has 13 aromatic rings. The molecule has 19 rings (SSSR count). The number of aryl methyl sites for hydroxylation is 6. The molecule has 1 aromatic heterocycles. The molecule has 0 aliphatic carbocycles. The highest BCUT2D eigenvalue weighted by Gasteiger charge is 2.49. The Morgan fingerprint density at radius 1 is 0.326 bits per heavy atom. The van der Waals surface area contributed by atoms with Gasteiger partial charge in [-0.3, -0.25) is 4.31 Å². The van der Waals surface area contributed by atoms with Gasteiger partial charge in [-0.05, 0) is 225 Å². The normalized spacial score (nSPS) is 13.8. The first-order valence-corrected chi connectivity index (χ1v) is 32.2. The van der Waals surface area contributed by atoms with Crippen molar-refractivity contribution in [1.29, 1.82) is 0 Å². The van der Waals surface area contributed by atoms with Crippen LogP contribution in [-0.2, 0) is 0 Å². The fourth-order valence-corrected chi connectivity index (χ4v) is 17.6. The summed E-state index contributed by atoms with van der Waals surface area (Å²) in [6.45, 7) is 12.8. The Labute approximate surface area is 523 Å². The summed E-state index contributed by atoms with van der Waals surface area (Å²) in [4.78, 5) is 2.53. The van der Waals surface area contributed by atoms with Crippen LogP contribution in [0.1, 0.15) is 33.4 Å². The molecule has 12 aromatic carbocycles. The van der Waals surface area contributed by atoms with E-state index in [1.807, 2.05) is 0 Å². The Kier molecular flexibility index (Phi) is 10.6. The third-order valence-corrected chi connectivity index (χ3v) is 21.1. The van der Waals surface area contributed by atoms with E-state index in [0.717, 1.165) is 90.2 Å². The Bertz CT molecular complexity index is 5300. The van der Waals surface area contributed by atoms with E-state index in [2.05, 4.69) is 274 Å². The minimum Gasteiger partial charge on any atom is -0.458 e. The van der Waals surface area contributed by atoms with E-state index in [1.54, 1.807) is 11.9 Å². The highest BCUT2D eigenvalue weighted by molar-refractivity contribution is 8.00. The molecule has 0 saturated heterocycles. The third kappa shape index (κ3) is 6.98. The second kappa shape index (κ2) is 18.5. The van der Waals surface area contributed by atoms with Crippen LogP contribution in [0.15, 0.2) is 212 Å². The molecular weight excluding hydrogens is 1100 g/mol. The van der Waals surface area contributed by atoms with E-state index in [0.29, 0.717) is 0 Å². The van der Waals surface area contributed by atoms with Crippen LogP contribution in [0.4, 0.5) is 28.4 Å². The van der Waals surface area contributed by atoms with Gasteiger partial charge in [-0.25, -0.2) is 0 Å². The van der Waals surface area contributed by atoms with Gasteiger partial charge < -0.3 is 23.7 Å². The van der Waals surface area contributed by atoms with Crippen LogP contribution in [0, 0.1) is 41.5 Å². The summed E-state index contributed by atoms with van der Waals surface area (Å²) in [5.41, 5.74) is 34.4. The fraction of sp³-hybridized carbons (Fsp3) is 0.0886. The maximum Gasteiger partial charge on any atom is 0.260 e. The number of hydrogen-bond donors (Lipinski definition) is 0. The second-order valence-corrected chi connectivity index (χ2v) is 26.0. The monoisotopic (exact) mass is 1160 g/mol. The largest absolute Gasteiger partial charge is 0.458 e. The molecule has 0 unspecified atom stereocenters. The second-order valence-electron chi connectivity index (χ2n) is 25.3. The van der Waals surface area contributed by atoms with Crippen LogP contribution < -0.4 is 72.6 Å². The molecule has 0 bridgehead atoms. The van der Waals surface area contributed by atoms with Crippen LogP contribution in [0.3, 0.4) is 0 Å². The standard InChI is InChI=1S/C79H56B3N3O3S/c1-43-19-15-20-44(2)73(43)49-33-64-76-65(34-49)84-61-31-13-11-27-53(61)54-28-18-30-56(79(54)84)81(76)57-39-59-68(41-62(57)83(64)52-25-9-8-10-26-52)87-71-37-51(75-47(5)23-17-24-48(75)6)38-72-78(71)82(59)60-40-58-63(42-69(60)88-72)85(89-7)66-35-50(74-45(3)21-16-22-46(74)4)36-70-77(66)80(58)55-29-12-14-32-67(55)86-70/h8-42H,1-7H3. The quantitative estimate of drug-likeness (QED) is 0.126. The van der Waals surface area contributed by atoms with Crippen molar-refractivity contribution in [2.45, 2.75) is 41.5 Å². The first-order valence-electron chi connectivity index (χ1n) is 31.0. The Morgan fingerprint density at radius 3 is 1.45 bits per heavy atom. The van der Waals surface area contributed by atoms with E-state index >= 15 is 0 Å². The predicted molar refractivity (Wildman–Crippen MR) is 376 cm³/mol. The number of anilines is 5. The number of ether oxygens (including phenoxy) is 3. The summed E-state index contributed by atoms with van der Waals surface area (Å²) in [7, 11) is 0. The zero-order chi connectivity index (χ0) is 59.4. The summed E-state index contributed by atoms with van der Waals surface area (Å²) in [6.07, 6.45) is 2.19. The first-order chi connectivity index (χ1) is 43.6. The molecule has 420 valence electrons. The lowest BCUT2D eigenvalue weighted by atomic mass is 9.30. The molecule has 0 spiro atoms. The molecule has 0 N–H and O–H groups in total. The summed E-state index contributed by atoms with van der Waals surface area (Å²) in [6, 6.07) is 79.4. The van der Waals surface area contributed by atoms with E-state index in [-0.39, 0.29) is 20.1 Å². The highest BCUT2D eigenvalue weighted by atomic mass is 32.2. The van der Waals surface area contributed by atoms with Gasteiger partial charge in [0, 0.05) is 62.9 Å². The number of nitrogens with zero attached hydrogens (tertiary/aromatic N) is 3. The summed E-state index contributed by atoms with van der Waals surface area (Å²) < 4.78 is 27.3. The Hall–Kier alpha value is -10.0. The van der Waals surface area contributed by atoms with Gasteiger partial charge in [0.2, 0.25) is 0 Å². The van der Waals surface area contributed by atoms with Gasteiger partial charge in [-0.2, -0.15) is 0 Å². The molecule has 0 fully saturated rings. The van der Waals surface area contributed by atoms with Crippen molar-refractivity contribution in [2.24, 2.45) is 0 Å². The molecule has 0 atom stereocenters. The minimum atomic E-state index is -0.261.